The van der Waals surface area contributed by atoms with Crippen molar-refractivity contribution < 1.29 is 27.5 Å². The van der Waals surface area contributed by atoms with Crippen molar-refractivity contribution in [3.8, 4) is 5.75 Å². The van der Waals surface area contributed by atoms with Crippen LogP contribution in [0, 0.1) is 0 Å². The summed E-state index contributed by atoms with van der Waals surface area (Å²) < 4.78 is 42.9. The van der Waals surface area contributed by atoms with Crippen molar-refractivity contribution in [2.24, 2.45) is 0 Å². The number of benzene rings is 2. The summed E-state index contributed by atoms with van der Waals surface area (Å²) in [6.45, 7) is 1.61. The Kier molecular flexibility index (Phi) is 6.86. The predicted octanol–water partition coefficient (Wildman–Crippen LogP) is 3.35. The second kappa shape index (κ2) is 9.12. The van der Waals surface area contributed by atoms with Gasteiger partial charge in [-0.25, -0.2) is 10.2 Å². The summed E-state index contributed by atoms with van der Waals surface area (Å²) in [5, 5.41) is 2.53. The van der Waals surface area contributed by atoms with E-state index in [1.54, 1.807) is 31.2 Å². The number of para-hydroxylation sites is 1. The van der Waals surface area contributed by atoms with Crippen LogP contribution in [-0.4, -0.2) is 19.0 Å². The Bertz CT molecular complexity index is 823. The van der Waals surface area contributed by atoms with E-state index in [1.165, 1.54) is 19.2 Å². The van der Waals surface area contributed by atoms with E-state index < -0.39 is 29.7 Å². The first-order chi connectivity index (χ1) is 13.2. The third-order valence-electron chi connectivity index (χ3n) is 3.94. The van der Waals surface area contributed by atoms with Crippen molar-refractivity contribution in [1.82, 2.24) is 16.2 Å². The van der Waals surface area contributed by atoms with Crippen LogP contribution >= 0.6 is 0 Å². The molecule has 0 spiro atoms. The van der Waals surface area contributed by atoms with E-state index in [-0.39, 0.29) is 6.42 Å². The van der Waals surface area contributed by atoms with Crippen molar-refractivity contribution in [1.29, 1.82) is 0 Å². The molecule has 2 aromatic rings. The lowest BCUT2D eigenvalue weighted by molar-refractivity contribution is -0.137. The molecule has 28 heavy (non-hydrogen) atoms. The fraction of sp³-hybridized carbons (Fsp3) is 0.263. The number of alkyl halides is 3. The molecule has 0 aliphatic carbocycles. The topological polar surface area (TPSA) is 79.5 Å². The molecule has 150 valence electrons. The summed E-state index contributed by atoms with van der Waals surface area (Å²) in [5.74, 6) is 0.0971. The number of hydrogen-bond acceptors (Lipinski definition) is 3. The smallest absolute Gasteiger partial charge is 0.416 e. The third kappa shape index (κ3) is 5.90. The first kappa shape index (κ1) is 21.1. The zero-order chi connectivity index (χ0) is 20.7. The number of ether oxygens (including phenoxy) is 1. The van der Waals surface area contributed by atoms with Gasteiger partial charge < -0.3 is 10.1 Å². The molecular formula is C19H20F3N3O3. The van der Waals surface area contributed by atoms with Gasteiger partial charge in [-0.2, -0.15) is 13.2 Å². The number of hydrazine groups is 1. The van der Waals surface area contributed by atoms with E-state index in [9.17, 15) is 22.8 Å². The molecule has 3 amide bonds. The van der Waals surface area contributed by atoms with Crippen LogP contribution < -0.4 is 20.9 Å². The second-order valence-electron chi connectivity index (χ2n) is 5.98. The van der Waals surface area contributed by atoms with Gasteiger partial charge in [-0.3, -0.25) is 10.2 Å². The largest absolute Gasteiger partial charge is 0.496 e. The number of rotatable bonds is 5. The van der Waals surface area contributed by atoms with Crippen LogP contribution in [0.2, 0.25) is 0 Å². The van der Waals surface area contributed by atoms with Gasteiger partial charge in [-0.15, -0.1) is 0 Å². The van der Waals surface area contributed by atoms with E-state index in [0.717, 1.165) is 12.1 Å². The lowest BCUT2D eigenvalue weighted by atomic mass is 10.1. The maximum atomic E-state index is 12.6. The van der Waals surface area contributed by atoms with E-state index >= 15 is 0 Å². The highest BCUT2D eigenvalue weighted by molar-refractivity contribution is 5.83. The van der Waals surface area contributed by atoms with Gasteiger partial charge in [0.2, 0.25) is 5.91 Å². The molecule has 0 bridgehead atoms. The highest BCUT2D eigenvalue weighted by Gasteiger charge is 2.30. The van der Waals surface area contributed by atoms with Crippen molar-refractivity contribution in [2.75, 3.05) is 7.11 Å². The number of halogens is 3. The number of methoxy groups -OCH3 is 1. The maximum Gasteiger partial charge on any atom is 0.416 e. The molecule has 0 fully saturated rings. The van der Waals surface area contributed by atoms with Crippen LogP contribution in [0.4, 0.5) is 18.0 Å². The van der Waals surface area contributed by atoms with Gasteiger partial charge >= 0.3 is 12.2 Å². The Morgan fingerprint density at radius 1 is 1.04 bits per heavy atom. The molecule has 2 aromatic carbocycles. The number of hydrogen-bond donors (Lipinski definition) is 3. The Hall–Kier alpha value is -3.23. The molecule has 0 saturated heterocycles. The van der Waals surface area contributed by atoms with Crippen LogP contribution in [-0.2, 0) is 17.4 Å². The van der Waals surface area contributed by atoms with Crippen LogP contribution in [0.3, 0.4) is 0 Å². The molecule has 1 atom stereocenters. The summed E-state index contributed by atoms with van der Waals surface area (Å²) in [6, 6.07) is 10.2. The molecule has 0 radical (unpaired) electrons. The van der Waals surface area contributed by atoms with Crippen molar-refractivity contribution in [3.05, 3.63) is 65.2 Å². The minimum Gasteiger partial charge on any atom is -0.496 e. The summed E-state index contributed by atoms with van der Waals surface area (Å²) >= 11 is 0. The zero-order valence-electron chi connectivity index (χ0n) is 15.3. The molecule has 0 aromatic heterocycles. The van der Waals surface area contributed by atoms with Crippen LogP contribution in [0.15, 0.2) is 48.5 Å². The van der Waals surface area contributed by atoms with Crippen molar-refractivity contribution >= 4 is 11.9 Å². The summed E-state index contributed by atoms with van der Waals surface area (Å²) in [5.41, 5.74) is 4.85. The summed E-state index contributed by atoms with van der Waals surface area (Å²) in [4.78, 5) is 23.8. The van der Waals surface area contributed by atoms with Gasteiger partial charge in [0, 0.05) is 5.56 Å². The van der Waals surface area contributed by atoms with Gasteiger partial charge in [0.25, 0.3) is 0 Å². The molecule has 9 heteroatoms. The van der Waals surface area contributed by atoms with E-state index in [1.807, 2.05) is 0 Å². The molecule has 2 rings (SSSR count). The van der Waals surface area contributed by atoms with Crippen molar-refractivity contribution in [2.45, 2.75) is 25.6 Å². The predicted molar refractivity (Wildman–Crippen MR) is 96.4 cm³/mol. The van der Waals surface area contributed by atoms with Crippen LogP contribution in [0.1, 0.15) is 29.7 Å². The molecule has 0 saturated carbocycles. The minimum atomic E-state index is -4.42. The number of carbonyl (C=O) groups excluding carboxylic acids is 2. The molecule has 0 aliphatic heterocycles. The fourth-order valence-corrected chi connectivity index (χ4v) is 2.47. The van der Waals surface area contributed by atoms with E-state index in [2.05, 4.69) is 16.2 Å². The number of urea groups is 1. The van der Waals surface area contributed by atoms with Gasteiger partial charge in [0.05, 0.1) is 25.1 Å². The summed E-state index contributed by atoms with van der Waals surface area (Å²) in [6.07, 6.45) is -4.42. The maximum absolute atomic E-state index is 12.6. The van der Waals surface area contributed by atoms with E-state index in [4.69, 9.17) is 4.74 Å². The fourth-order valence-electron chi connectivity index (χ4n) is 2.47. The first-order valence-electron chi connectivity index (χ1n) is 8.35. The lowest BCUT2D eigenvalue weighted by Gasteiger charge is -2.16. The Morgan fingerprint density at radius 2 is 1.68 bits per heavy atom. The highest BCUT2D eigenvalue weighted by atomic mass is 19.4. The van der Waals surface area contributed by atoms with Crippen LogP contribution in [0.5, 0.6) is 5.75 Å². The first-order valence-corrected chi connectivity index (χ1v) is 8.35. The average Bonchev–Trinajstić information content (AvgIpc) is 2.66. The monoisotopic (exact) mass is 395 g/mol. The van der Waals surface area contributed by atoms with Crippen molar-refractivity contribution in [3.63, 3.8) is 0 Å². The standard InChI is InChI=1S/C19H20F3N3O3/c1-12(13-7-9-15(10-8-13)19(20,21)22)23-18(27)25-24-17(26)11-14-5-3-4-6-16(14)28-2/h3-10,12H,11H2,1-2H3,(H,24,26)(H2,23,25,27). The quantitative estimate of drug-likeness (QED) is 0.680. The Balaban J connectivity index is 1.84. The molecule has 0 heterocycles. The Labute approximate surface area is 160 Å². The highest BCUT2D eigenvalue weighted by Crippen LogP contribution is 2.29. The zero-order valence-corrected chi connectivity index (χ0v) is 15.3. The van der Waals surface area contributed by atoms with Gasteiger partial charge in [0.1, 0.15) is 5.75 Å². The van der Waals surface area contributed by atoms with Crippen LogP contribution in [0.25, 0.3) is 0 Å². The third-order valence-corrected chi connectivity index (χ3v) is 3.94. The second-order valence-corrected chi connectivity index (χ2v) is 5.98. The number of amides is 3. The van der Waals surface area contributed by atoms with Gasteiger partial charge in [0.15, 0.2) is 0 Å². The summed E-state index contributed by atoms with van der Waals surface area (Å²) in [7, 11) is 1.49. The molecule has 1 unspecified atom stereocenters. The van der Waals surface area contributed by atoms with E-state index in [0.29, 0.717) is 16.9 Å². The Morgan fingerprint density at radius 3 is 2.29 bits per heavy atom. The minimum absolute atomic E-state index is 0.00124. The van der Waals surface area contributed by atoms with Gasteiger partial charge in [-0.05, 0) is 30.7 Å². The normalized spacial score (nSPS) is 12.0. The average molecular weight is 395 g/mol. The molecule has 0 aliphatic rings. The SMILES string of the molecule is COc1ccccc1CC(=O)NNC(=O)NC(C)c1ccc(C(F)(F)F)cc1. The lowest BCUT2D eigenvalue weighted by Crippen LogP contribution is -2.48. The number of carbonyl (C=O) groups is 2. The molecule has 6 nitrogen and oxygen atoms in total. The molecular weight excluding hydrogens is 375 g/mol. The molecule has 3 N–H and O–H groups in total. The number of nitrogens with one attached hydrogen (secondary N) is 3. The van der Waals surface area contributed by atoms with Gasteiger partial charge in [-0.1, -0.05) is 30.3 Å².